The molecule has 8 heteroatoms. The van der Waals surface area contributed by atoms with E-state index in [1.165, 1.54) is 11.3 Å². The highest BCUT2D eigenvalue weighted by molar-refractivity contribution is 9.13. The number of rotatable bonds is 4. The summed E-state index contributed by atoms with van der Waals surface area (Å²) in [6, 6.07) is 1.81. The van der Waals surface area contributed by atoms with E-state index in [1.54, 1.807) is 4.90 Å². The molecule has 1 aliphatic rings. The zero-order valence-corrected chi connectivity index (χ0v) is 15.4. The summed E-state index contributed by atoms with van der Waals surface area (Å²) in [6.45, 7) is 2.08. The normalized spacial score (nSPS) is 18.6. The Morgan fingerprint density at radius 2 is 2.24 bits per heavy atom. The standard InChI is InChI=1S/C13H17Br2N3O2S/c14-9-6-10(21-11(9)15)13(20)18-5-1-2-8(7-18)12(19)17-4-3-16/h6,8H,1-5,7,16H2,(H,17,19). The van der Waals surface area contributed by atoms with E-state index >= 15 is 0 Å². The van der Waals surface area contributed by atoms with Gasteiger partial charge in [0, 0.05) is 30.7 Å². The molecule has 3 N–H and O–H groups in total. The predicted molar refractivity (Wildman–Crippen MR) is 90.4 cm³/mol. The molecule has 2 amide bonds. The van der Waals surface area contributed by atoms with Crippen LogP contribution in [-0.2, 0) is 4.79 Å². The number of piperidine rings is 1. The first-order valence-electron chi connectivity index (χ1n) is 6.74. The van der Waals surface area contributed by atoms with Gasteiger partial charge in [-0.2, -0.15) is 0 Å². The first-order valence-corrected chi connectivity index (χ1v) is 9.15. The lowest BCUT2D eigenvalue weighted by Crippen LogP contribution is -2.46. The Morgan fingerprint density at radius 3 is 2.86 bits per heavy atom. The largest absolute Gasteiger partial charge is 0.355 e. The maximum absolute atomic E-state index is 12.5. The molecule has 0 aromatic carbocycles. The Hall–Kier alpha value is -0.440. The third-order valence-electron chi connectivity index (χ3n) is 3.38. The van der Waals surface area contributed by atoms with Crippen molar-refractivity contribution in [3.8, 4) is 0 Å². The fraction of sp³-hybridized carbons (Fsp3) is 0.538. The zero-order valence-electron chi connectivity index (χ0n) is 11.4. The molecule has 0 saturated carbocycles. The van der Waals surface area contributed by atoms with Gasteiger partial charge in [0.05, 0.1) is 14.6 Å². The number of nitrogens with one attached hydrogen (secondary N) is 1. The van der Waals surface area contributed by atoms with Crippen LogP contribution < -0.4 is 11.1 Å². The van der Waals surface area contributed by atoms with Gasteiger partial charge in [-0.25, -0.2) is 0 Å². The van der Waals surface area contributed by atoms with E-state index in [2.05, 4.69) is 37.2 Å². The van der Waals surface area contributed by atoms with Crippen molar-refractivity contribution in [2.45, 2.75) is 12.8 Å². The van der Waals surface area contributed by atoms with E-state index < -0.39 is 0 Å². The van der Waals surface area contributed by atoms with Gasteiger partial charge in [0.2, 0.25) is 5.91 Å². The number of carbonyl (C=O) groups is 2. The molecule has 1 unspecified atom stereocenters. The van der Waals surface area contributed by atoms with Gasteiger partial charge < -0.3 is 16.0 Å². The molecule has 21 heavy (non-hydrogen) atoms. The first-order chi connectivity index (χ1) is 10.0. The third kappa shape index (κ3) is 4.28. The van der Waals surface area contributed by atoms with Crippen molar-refractivity contribution in [2.75, 3.05) is 26.2 Å². The van der Waals surface area contributed by atoms with Gasteiger partial charge in [0.1, 0.15) is 0 Å². The number of thiophene rings is 1. The van der Waals surface area contributed by atoms with Crippen LogP contribution in [0.15, 0.2) is 14.3 Å². The smallest absolute Gasteiger partial charge is 0.264 e. The Morgan fingerprint density at radius 1 is 1.48 bits per heavy atom. The third-order valence-corrected chi connectivity index (χ3v) is 6.62. The number of halogens is 2. The van der Waals surface area contributed by atoms with Crippen LogP contribution in [0.4, 0.5) is 0 Å². The van der Waals surface area contributed by atoms with Gasteiger partial charge in [0.15, 0.2) is 0 Å². The second kappa shape index (κ2) is 7.71. The van der Waals surface area contributed by atoms with Gasteiger partial charge in [-0.3, -0.25) is 9.59 Å². The molecular weight excluding hydrogens is 422 g/mol. The average molecular weight is 439 g/mol. The van der Waals surface area contributed by atoms with Crippen molar-refractivity contribution < 1.29 is 9.59 Å². The number of likely N-dealkylation sites (tertiary alicyclic amines) is 1. The fourth-order valence-corrected chi connectivity index (χ4v) is 4.33. The van der Waals surface area contributed by atoms with Gasteiger partial charge in [-0.05, 0) is 50.8 Å². The van der Waals surface area contributed by atoms with Crippen molar-refractivity contribution in [1.82, 2.24) is 10.2 Å². The topological polar surface area (TPSA) is 75.4 Å². The summed E-state index contributed by atoms with van der Waals surface area (Å²) in [5.41, 5.74) is 5.39. The molecule has 2 heterocycles. The van der Waals surface area contributed by atoms with E-state index in [-0.39, 0.29) is 17.7 Å². The molecular formula is C13H17Br2N3O2S. The van der Waals surface area contributed by atoms with E-state index in [9.17, 15) is 9.59 Å². The zero-order chi connectivity index (χ0) is 15.4. The maximum atomic E-state index is 12.5. The average Bonchev–Trinajstić information content (AvgIpc) is 2.83. The summed E-state index contributed by atoms with van der Waals surface area (Å²) >= 11 is 8.19. The Labute approximate surface area is 144 Å². The number of hydrogen-bond acceptors (Lipinski definition) is 4. The van der Waals surface area contributed by atoms with Crippen molar-refractivity contribution in [1.29, 1.82) is 0 Å². The van der Waals surface area contributed by atoms with Crippen LogP contribution >= 0.6 is 43.2 Å². The van der Waals surface area contributed by atoms with Crippen molar-refractivity contribution in [2.24, 2.45) is 11.7 Å². The molecule has 2 rings (SSSR count). The molecule has 1 fully saturated rings. The van der Waals surface area contributed by atoms with Crippen LogP contribution in [0.1, 0.15) is 22.5 Å². The van der Waals surface area contributed by atoms with Crippen LogP contribution in [0.3, 0.4) is 0 Å². The Balaban J connectivity index is 2.00. The maximum Gasteiger partial charge on any atom is 0.264 e. The highest BCUT2D eigenvalue weighted by Crippen LogP contribution is 2.33. The molecule has 1 aliphatic heterocycles. The van der Waals surface area contributed by atoms with Crippen molar-refractivity contribution in [3.63, 3.8) is 0 Å². The number of nitrogens with two attached hydrogens (primary N) is 1. The summed E-state index contributed by atoms with van der Waals surface area (Å²) < 4.78 is 1.78. The molecule has 1 aromatic rings. The summed E-state index contributed by atoms with van der Waals surface area (Å²) in [4.78, 5) is 26.9. The quantitative estimate of drug-likeness (QED) is 0.756. The molecule has 116 valence electrons. The summed E-state index contributed by atoms with van der Waals surface area (Å²) in [7, 11) is 0. The van der Waals surface area contributed by atoms with Gasteiger partial charge in [-0.15, -0.1) is 11.3 Å². The number of hydrogen-bond donors (Lipinski definition) is 2. The van der Waals surface area contributed by atoms with Crippen LogP contribution in [-0.4, -0.2) is 42.9 Å². The Bertz CT molecular complexity index is 516. The SMILES string of the molecule is NCCNC(=O)C1CCCN(C(=O)c2cc(Br)c(Br)s2)C1. The van der Waals surface area contributed by atoms with E-state index in [4.69, 9.17) is 5.73 Å². The van der Waals surface area contributed by atoms with Crippen LogP contribution in [0.25, 0.3) is 0 Å². The molecule has 0 aliphatic carbocycles. The number of amides is 2. The lowest BCUT2D eigenvalue weighted by molar-refractivity contribution is -0.126. The van der Waals surface area contributed by atoms with E-state index in [0.29, 0.717) is 31.1 Å². The summed E-state index contributed by atoms with van der Waals surface area (Å²) in [5.74, 6) is -0.157. The minimum Gasteiger partial charge on any atom is -0.355 e. The molecule has 1 saturated heterocycles. The molecule has 0 bridgehead atoms. The molecule has 0 radical (unpaired) electrons. The molecule has 0 spiro atoms. The number of nitrogens with zero attached hydrogens (tertiary/aromatic N) is 1. The van der Waals surface area contributed by atoms with Gasteiger partial charge in [0.25, 0.3) is 5.91 Å². The molecule has 1 aromatic heterocycles. The minimum absolute atomic E-state index is 0.00788. The lowest BCUT2D eigenvalue weighted by atomic mass is 9.97. The van der Waals surface area contributed by atoms with Crippen molar-refractivity contribution >= 4 is 55.0 Å². The van der Waals surface area contributed by atoms with Gasteiger partial charge >= 0.3 is 0 Å². The number of carbonyl (C=O) groups excluding carboxylic acids is 2. The predicted octanol–water partition coefficient (Wildman–Crippen LogP) is 2.20. The lowest BCUT2D eigenvalue weighted by Gasteiger charge is -2.31. The molecule has 5 nitrogen and oxygen atoms in total. The first kappa shape index (κ1) is 16.9. The van der Waals surface area contributed by atoms with Crippen LogP contribution in [0, 0.1) is 5.92 Å². The van der Waals surface area contributed by atoms with Crippen molar-refractivity contribution in [3.05, 3.63) is 19.2 Å². The fourth-order valence-electron chi connectivity index (χ4n) is 2.32. The van der Waals surface area contributed by atoms with E-state index in [1.807, 2.05) is 6.07 Å². The Kier molecular flexibility index (Phi) is 6.21. The monoisotopic (exact) mass is 437 g/mol. The highest BCUT2D eigenvalue weighted by atomic mass is 79.9. The second-order valence-corrected chi connectivity index (χ2v) is 8.13. The van der Waals surface area contributed by atoms with Gasteiger partial charge in [-0.1, -0.05) is 0 Å². The second-order valence-electron chi connectivity index (χ2n) is 4.90. The van der Waals surface area contributed by atoms with Crippen LogP contribution in [0.5, 0.6) is 0 Å². The van der Waals surface area contributed by atoms with E-state index in [0.717, 1.165) is 21.1 Å². The summed E-state index contributed by atoms with van der Waals surface area (Å²) in [5, 5.41) is 2.80. The van der Waals surface area contributed by atoms with Crippen LogP contribution in [0.2, 0.25) is 0 Å². The minimum atomic E-state index is -0.138. The highest BCUT2D eigenvalue weighted by Gasteiger charge is 2.29. The molecule has 1 atom stereocenters. The summed E-state index contributed by atoms with van der Waals surface area (Å²) in [6.07, 6.45) is 1.66.